The maximum atomic E-state index is 17.7. The van der Waals surface area contributed by atoms with Gasteiger partial charge in [-0.1, -0.05) is 24.3 Å². The van der Waals surface area contributed by atoms with Crippen LogP contribution in [-0.2, 0) is 24.0 Å². The number of hydrogen-bond donors (Lipinski definition) is 1. The highest BCUT2D eigenvalue weighted by Crippen LogP contribution is 2.46. The van der Waals surface area contributed by atoms with Crippen LogP contribution in [0.4, 0.5) is 38.4 Å². The van der Waals surface area contributed by atoms with Gasteiger partial charge in [-0.05, 0) is 99.0 Å². The summed E-state index contributed by atoms with van der Waals surface area (Å²) in [6.45, 7) is 3.18. The molecule has 0 unspecified atom stereocenters. The molecule has 5 aromatic rings. The van der Waals surface area contributed by atoms with E-state index in [2.05, 4.69) is 19.9 Å². The number of piperazine rings is 1. The lowest BCUT2D eigenvalue weighted by atomic mass is 9.95. The number of alkyl halides is 4. The monoisotopic (exact) mass is 944 g/mol. The van der Waals surface area contributed by atoms with Gasteiger partial charge >= 0.3 is 18.3 Å². The Hall–Kier alpha value is -6.08. The SMILES string of the molecule is COc1ccc(CN(Cc2ccc(OC)cc2)c2cc(C)c(C(F)(F)F)c(-c3ncc4c(N5C[C@@H]6CC[C@](COC7CC7)(C5)N6C(=O)O)nc(OC[C@@]56CCCN5C[C@H](F)C6)nc4c3F)n2)cc1. The van der Waals surface area contributed by atoms with Gasteiger partial charge in [-0.25, -0.2) is 18.6 Å². The van der Waals surface area contributed by atoms with Gasteiger partial charge in [0.2, 0.25) is 0 Å². The molecule has 0 radical (unpaired) electrons. The lowest BCUT2D eigenvalue weighted by Crippen LogP contribution is -2.65. The number of ether oxygens (including phenoxy) is 4. The zero-order valence-corrected chi connectivity index (χ0v) is 38.1. The van der Waals surface area contributed by atoms with Crippen molar-refractivity contribution in [2.24, 2.45) is 0 Å². The van der Waals surface area contributed by atoms with E-state index >= 15 is 17.6 Å². The highest BCUT2D eigenvalue weighted by Gasteiger charge is 2.55. The van der Waals surface area contributed by atoms with Crippen molar-refractivity contribution in [3.8, 4) is 28.9 Å². The first-order valence-corrected chi connectivity index (χ1v) is 23.0. The molecule has 1 N–H and O–H groups in total. The molecule has 2 bridgehead atoms. The van der Waals surface area contributed by atoms with Gasteiger partial charge < -0.3 is 33.9 Å². The van der Waals surface area contributed by atoms with Gasteiger partial charge in [0, 0.05) is 45.3 Å². The molecular formula is C49H53F5N8O6. The van der Waals surface area contributed by atoms with E-state index in [9.17, 15) is 14.3 Å². The predicted octanol–water partition coefficient (Wildman–Crippen LogP) is 8.61. The lowest BCUT2D eigenvalue weighted by molar-refractivity contribution is -0.137. The van der Waals surface area contributed by atoms with Gasteiger partial charge in [-0.2, -0.15) is 23.1 Å². The molecule has 1 saturated carbocycles. The third kappa shape index (κ3) is 8.67. The maximum Gasteiger partial charge on any atom is 0.418 e. The van der Waals surface area contributed by atoms with Crippen molar-refractivity contribution < 1.29 is 50.8 Å². The first-order valence-electron chi connectivity index (χ1n) is 23.0. The summed E-state index contributed by atoms with van der Waals surface area (Å²) in [4.78, 5) is 38.4. The Labute approximate surface area is 390 Å². The van der Waals surface area contributed by atoms with Crippen LogP contribution in [0.3, 0.4) is 0 Å². The third-order valence-electron chi connectivity index (χ3n) is 14.3. The number of carbonyl (C=O) groups is 1. The number of nitrogens with zero attached hydrogens (tertiary/aromatic N) is 8. The minimum Gasteiger partial charge on any atom is -0.497 e. The molecule has 0 spiro atoms. The van der Waals surface area contributed by atoms with Crippen LogP contribution in [0.2, 0.25) is 0 Å². The van der Waals surface area contributed by atoms with Crippen molar-refractivity contribution in [3.63, 3.8) is 0 Å². The second-order valence-electron chi connectivity index (χ2n) is 18.9. The summed E-state index contributed by atoms with van der Waals surface area (Å²) >= 11 is 0. The molecule has 1 aliphatic carbocycles. The van der Waals surface area contributed by atoms with Crippen LogP contribution in [0.5, 0.6) is 17.5 Å². The molecule has 68 heavy (non-hydrogen) atoms. The highest BCUT2D eigenvalue weighted by atomic mass is 19.4. The largest absolute Gasteiger partial charge is 0.497 e. The summed E-state index contributed by atoms with van der Waals surface area (Å²) in [5.41, 5.74) is -3.07. The van der Waals surface area contributed by atoms with E-state index in [1.807, 2.05) is 29.2 Å². The number of amides is 1. The van der Waals surface area contributed by atoms with Crippen molar-refractivity contribution in [1.82, 2.24) is 29.7 Å². The van der Waals surface area contributed by atoms with E-state index < -0.39 is 58.3 Å². The van der Waals surface area contributed by atoms with Gasteiger partial charge in [0.05, 0.1) is 55.0 Å². The number of aromatic nitrogens is 4. The fourth-order valence-electron chi connectivity index (χ4n) is 10.9. The van der Waals surface area contributed by atoms with Crippen LogP contribution in [-0.4, -0.2) is 124 Å². The molecule has 2 aromatic carbocycles. The number of fused-ring (bicyclic) bond motifs is 4. The van der Waals surface area contributed by atoms with E-state index in [4.69, 9.17) is 23.9 Å². The van der Waals surface area contributed by atoms with Crippen molar-refractivity contribution in [2.75, 3.05) is 63.4 Å². The molecule has 7 heterocycles. The summed E-state index contributed by atoms with van der Waals surface area (Å²) in [6, 6.07) is 15.2. The average Bonchev–Trinajstić information content (AvgIpc) is 3.93. The minimum atomic E-state index is -4.97. The standard InChI is InChI=1S/C49H53F5N8O6/c1-29-19-38(59(22-30-5-9-34(65-2)10-6-30)23-31-7-11-35(66-3)12-8-31)56-42(39(29)49(52,53)54)43-40(51)41-37(21-55-43)44(58-45(57-41)68-27-47-16-4-18-61(47)24-32(50)20-47)60-25-33-15-17-48(26-60,62(33)46(63)64)28-67-36-13-14-36/h5-12,19,21,32-33,36H,4,13-18,20,22-28H2,1-3H3,(H,63,64)/t32-,33+,47+,48-/m1/s1. The normalized spacial score (nSPS) is 23.6. The number of rotatable bonds is 15. The summed E-state index contributed by atoms with van der Waals surface area (Å²) in [5.74, 6) is 0.406. The number of methoxy groups -OCH3 is 2. The van der Waals surface area contributed by atoms with Crippen LogP contribution in [0.1, 0.15) is 67.2 Å². The Morgan fingerprint density at radius 3 is 2.22 bits per heavy atom. The van der Waals surface area contributed by atoms with E-state index in [1.54, 1.807) is 43.4 Å². The van der Waals surface area contributed by atoms with Gasteiger partial charge in [0.1, 0.15) is 52.8 Å². The van der Waals surface area contributed by atoms with Crippen molar-refractivity contribution >= 4 is 28.6 Å². The lowest BCUT2D eigenvalue weighted by Gasteiger charge is -2.48. The molecule has 4 aliphatic heterocycles. The molecule has 4 saturated heterocycles. The van der Waals surface area contributed by atoms with Crippen LogP contribution in [0.25, 0.3) is 22.3 Å². The number of aryl methyl sites for hydroxylation is 1. The van der Waals surface area contributed by atoms with Crippen LogP contribution in [0.15, 0.2) is 60.8 Å². The summed E-state index contributed by atoms with van der Waals surface area (Å²) < 4.78 is 102. The fraction of sp³-hybridized carbons (Fsp3) is 0.490. The van der Waals surface area contributed by atoms with Gasteiger partial charge in [0.25, 0.3) is 0 Å². The Balaban J connectivity index is 1.09. The first-order chi connectivity index (χ1) is 32.7. The quantitative estimate of drug-likeness (QED) is 0.100. The molecule has 360 valence electrons. The molecule has 5 aliphatic rings. The van der Waals surface area contributed by atoms with Gasteiger partial charge in [-0.3, -0.25) is 14.8 Å². The van der Waals surface area contributed by atoms with Crippen LogP contribution < -0.4 is 24.0 Å². The summed E-state index contributed by atoms with van der Waals surface area (Å²) in [6.07, 6.45) is -1.18. The number of benzene rings is 2. The molecule has 1 amide bonds. The van der Waals surface area contributed by atoms with Crippen LogP contribution >= 0.6 is 0 Å². The second kappa shape index (κ2) is 17.8. The number of pyridine rings is 2. The zero-order valence-electron chi connectivity index (χ0n) is 38.1. The number of hydrogen-bond acceptors (Lipinski definition) is 12. The van der Waals surface area contributed by atoms with Crippen molar-refractivity contribution in [2.45, 2.75) is 101 Å². The number of carboxylic acid groups (broad SMARTS) is 1. The van der Waals surface area contributed by atoms with E-state index in [1.165, 1.54) is 24.1 Å². The van der Waals surface area contributed by atoms with Gasteiger partial charge in [-0.15, -0.1) is 0 Å². The van der Waals surface area contributed by atoms with E-state index in [-0.39, 0.29) is 92.6 Å². The predicted molar refractivity (Wildman–Crippen MR) is 241 cm³/mol. The molecule has 5 fully saturated rings. The minimum absolute atomic E-state index is 0.00571. The molecule has 4 atom stereocenters. The topological polar surface area (TPSA) is 139 Å². The fourth-order valence-corrected chi connectivity index (χ4v) is 10.9. The second-order valence-corrected chi connectivity index (χ2v) is 18.9. The summed E-state index contributed by atoms with van der Waals surface area (Å²) in [7, 11) is 3.10. The zero-order chi connectivity index (χ0) is 47.5. The molecule has 3 aromatic heterocycles. The van der Waals surface area contributed by atoms with Crippen molar-refractivity contribution in [1.29, 1.82) is 0 Å². The Kier molecular flexibility index (Phi) is 11.9. The highest BCUT2D eigenvalue weighted by molar-refractivity contribution is 5.92. The first kappa shape index (κ1) is 45.7. The average molecular weight is 945 g/mol. The third-order valence-corrected chi connectivity index (χ3v) is 14.3. The van der Waals surface area contributed by atoms with E-state index in [0.717, 1.165) is 30.4 Å². The molecular weight excluding hydrogens is 892 g/mol. The Bertz CT molecular complexity index is 2640. The molecule has 10 rings (SSSR count). The molecule has 14 nitrogen and oxygen atoms in total. The summed E-state index contributed by atoms with van der Waals surface area (Å²) in [5, 5.41) is 10.5. The van der Waals surface area contributed by atoms with Crippen LogP contribution in [0, 0.1) is 12.7 Å². The molecule has 19 heteroatoms. The smallest absolute Gasteiger partial charge is 0.418 e. The number of anilines is 2. The number of halogens is 5. The Morgan fingerprint density at radius 2 is 1.59 bits per heavy atom. The van der Waals surface area contributed by atoms with E-state index in [0.29, 0.717) is 37.3 Å². The Morgan fingerprint density at radius 1 is 0.897 bits per heavy atom. The van der Waals surface area contributed by atoms with Gasteiger partial charge in [0.15, 0.2) is 5.82 Å². The van der Waals surface area contributed by atoms with Crippen molar-refractivity contribution in [3.05, 3.63) is 88.9 Å². The maximum absolute atomic E-state index is 17.7.